The summed E-state index contributed by atoms with van der Waals surface area (Å²) >= 11 is 0. The molecule has 0 aromatic heterocycles. The molecule has 0 aromatic carbocycles. The highest BCUT2D eigenvalue weighted by atomic mass is 16.5. The highest BCUT2D eigenvalue weighted by Gasteiger charge is 2.61. The second-order valence-corrected chi connectivity index (χ2v) is 8.36. The van der Waals surface area contributed by atoms with Crippen LogP contribution in [0.25, 0.3) is 0 Å². The molecule has 1 nitrogen and oxygen atoms in total. The van der Waals surface area contributed by atoms with E-state index in [1.807, 2.05) is 0 Å². The van der Waals surface area contributed by atoms with Gasteiger partial charge in [0.05, 0.1) is 5.60 Å². The Balaban J connectivity index is 1.98. The molecule has 3 rings (SSSR count). The van der Waals surface area contributed by atoms with Gasteiger partial charge in [-0.2, -0.15) is 0 Å². The molecule has 0 spiro atoms. The third-order valence-corrected chi connectivity index (χ3v) is 7.38. The minimum Gasteiger partial charge on any atom is -0.375 e. The van der Waals surface area contributed by atoms with Crippen LogP contribution < -0.4 is 0 Å². The highest BCUT2D eigenvalue weighted by Crippen LogP contribution is 2.65. The molecule has 104 valence electrons. The lowest BCUT2D eigenvalue weighted by Gasteiger charge is -2.62. The van der Waals surface area contributed by atoms with Crippen molar-refractivity contribution >= 4 is 0 Å². The highest BCUT2D eigenvalue weighted by molar-refractivity contribution is 5.10. The molecular formula is C17H30O. The van der Waals surface area contributed by atoms with Gasteiger partial charge in [0, 0.05) is 6.61 Å². The van der Waals surface area contributed by atoms with E-state index in [0.717, 1.165) is 24.4 Å². The van der Waals surface area contributed by atoms with E-state index in [1.54, 1.807) is 0 Å². The standard InChI is InChI=1S/C17H30O/c1-12-6-9-16(4)13(15(12,2)3)7-10-17(5)14(16)8-11-18-17/h12-14H,6-11H2,1-5H3/t12?,13?,14-,16+,17-/m1/s1. The molecule has 2 aliphatic carbocycles. The second-order valence-electron chi connectivity index (χ2n) is 8.36. The van der Waals surface area contributed by atoms with E-state index in [9.17, 15) is 0 Å². The summed E-state index contributed by atoms with van der Waals surface area (Å²) < 4.78 is 6.15. The van der Waals surface area contributed by atoms with E-state index >= 15 is 0 Å². The Morgan fingerprint density at radius 3 is 2.33 bits per heavy atom. The summed E-state index contributed by atoms with van der Waals surface area (Å²) in [6.45, 7) is 13.5. The van der Waals surface area contributed by atoms with Gasteiger partial charge in [-0.3, -0.25) is 0 Å². The maximum Gasteiger partial charge on any atom is 0.0688 e. The SMILES string of the molecule is CC1CC[C@@]2(C)C(CC[C@@]3(C)OCC[C@@H]32)C1(C)C. The Hall–Kier alpha value is -0.0400. The van der Waals surface area contributed by atoms with Crippen molar-refractivity contribution in [2.24, 2.45) is 28.6 Å². The Labute approximate surface area is 113 Å². The molecule has 1 saturated heterocycles. The molecule has 1 heterocycles. The molecule has 3 fully saturated rings. The monoisotopic (exact) mass is 250 g/mol. The second kappa shape index (κ2) is 3.75. The van der Waals surface area contributed by atoms with E-state index < -0.39 is 0 Å². The third-order valence-electron chi connectivity index (χ3n) is 7.38. The van der Waals surface area contributed by atoms with Crippen LogP contribution in [0.5, 0.6) is 0 Å². The van der Waals surface area contributed by atoms with Gasteiger partial charge in [0.1, 0.15) is 0 Å². The van der Waals surface area contributed by atoms with Gasteiger partial charge in [-0.05, 0) is 67.6 Å². The van der Waals surface area contributed by atoms with Crippen LogP contribution in [0.2, 0.25) is 0 Å². The number of rotatable bonds is 0. The number of hydrogen-bond acceptors (Lipinski definition) is 1. The van der Waals surface area contributed by atoms with Crippen molar-refractivity contribution in [2.75, 3.05) is 6.61 Å². The molecule has 0 amide bonds. The average molecular weight is 250 g/mol. The minimum absolute atomic E-state index is 0.196. The molecule has 2 unspecified atom stereocenters. The van der Waals surface area contributed by atoms with Gasteiger partial charge >= 0.3 is 0 Å². The van der Waals surface area contributed by atoms with Gasteiger partial charge in [-0.1, -0.05) is 27.7 Å². The molecule has 1 aliphatic heterocycles. The zero-order chi connectivity index (χ0) is 13.2. The predicted octanol–water partition coefficient (Wildman–Crippen LogP) is 4.65. The van der Waals surface area contributed by atoms with Crippen LogP contribution in [0, 0.1) is 28.6 Å². The topological polar surface area (TPSA) is 9.23 Å². The van der Waals surface area contributed by atoms with E-state index in [1.165, 1.54) is 32.1 Å². The lowest BCUT2D eigenvalue weighted by atomic mass is 9.43. The Kier molecular flexibility index (Phi) is 2.70. The van der Waals surface area contributed by atoms with Crippen molar-refractivity contribution in [2.45, 2.75) is 72.3 Å². The fraction of sp³-hybridized carbons (Fsp3) is 1.00. The van der Waals surface area contributed by atoms with Crippen LogP contribution in [-0.2, 0) is 4.74 Å². The van der Waals surface area contributed by atoms with Gasteiger partial charge in [0.2, 0.25) is 0 Å². The third kappa shape index (κ3) is 1.49. The summed E-state index contributed by atoms with van der Waals surface area (Å²) in [6.07, 6.45) is 6.79. The maximum atomic E-state index is 6.15. The molecule has 0 aromatic rings. The first kappa shape index (κ1) is 13.0. The Bertz CT molecular complexity index is 348. The summed E-state index contributed by atoms with van der Waals surface area (Å²) in [5.41, 5.74) is 1.23. The first-order valence-corrected chi connectivity index (χ1v) is 7.95. The average Bonchev–Trinajstić information content (AvgIpc) is 2.68. The molecule has 0 bridgehead atoms. The lowest BCUT2D eigenvalue weighted by molar-refractivity contribution is -0.161. The molecule has 3 aliphatic rings. The van der Waals surface area contributed by atoms with Crippen molar-refractivity contribution in [3.63, 3.8) is 0 Å². The van der Waals surface area contributed by atoms with Crippen molar-refractivity contribution in [1.82, 2.24) is 0 Å². The van der Waals surface area contributed by atoms with E-state index in [2.05, 4.69) is 34.6 Å². The summed E-state index contributed by atoms with van der Waals surface area (Å²) in [5, 5.41) is 0. The zero-order valence-corrected chi connectivity index (χ0v) is 12.9. The van der Waals surface area contributed by atoms with Gasteiger partial charge < -0.3 is 4.74 Å². The minimum atomic E-state index is 0.196. The smallest absolute Gasteiger partial charge is 0.0688 e. The van der Waals surface area contributed by atoms with E-state index in [-0.39, 0.29) is 5.60 Å². The number of fused-ring (bicyclic) bond motifs is 3. The van der Waals surface area contributed by atoms with Gasteiger partial charge in [0.15, 0.2) is 0 Å². The first-order valence-electron chi connectivity index (χ1n) is 7.95. The fourth-order valence-electron chi connectivity index (χ4n) is 5.91. The van der Waals surface area contributed by atoms with Crippen LogP contribution in [-0.4, -0.2) is 12.2 Å². The molecule has 0 radical (unpaired) electrons. The van der Waals surface area contributed by atoms with Crippen molar-refractivity contribution in [3.05, 3.63) is 0 Å². The van der Waals surface area contributed by atoms with Crippen LogP contribution in [0.15, 0.2) is 0 Å². The van der Waals surface area contributed by atoms with Crippen molar-refractivity contribution < 1.29 is 4.74 Å². The van der Waals surface area contributed by atoms with E-state index in [4.69, 9.17) is 4.74 Å². The fourth-order valence-corrected chi connectivity index (χ4v) is 5.91. The molecule has 18 heavy (non-hydrogen) atoms. The van der Waals surface area contributed by atoms with E-state index in [0.29, 0.717) is 10.8 Å². The quantitative estimate of drug-likeness (QED) is 0.608. The molecule has 2 saturated carbocycles. The van der Waals surface area contributed by atoms with Gasteiger partial charge in [0.25, 0.3) is 0 Å². The summed E-state index contributed by atoms with van der Waals surface area (Å²) in [5.74, 6) is 2.58. The molecular weight excluding hydrogens is 220 g/mol. The van der Waals surface area contributed by atoms with Crippen LogP contribution in [0.4, 0.5) is 0 Å². The van der Waals surface area contributed by atoms with Crippen molar-refractivity contribution in [1.29, 1.82) is 0 Å². The largest absolute Gasteiger partial charge is 0.375 e. The summed E-state index contributed by atoms with van der Waals surface area (Å²) in [7, 11) is 0. The predicted molar refractivity (Wildman–Crippen MR) is 75.5 cm³/mol. The van der Waals surface area contributed by atoms with Gasteiger partial charge in [-0.25, -0.2) is 0 Å². The van der Waals surface area contributed by atoms with Crippen LogP contribution >= 0.6 is 0 Å². The normalized spacial score (nSPS) is 54.8. The molecule has 0 N–H and O–H groups in total. The number of ether oxygens (including phenoxy) is 1. The summed E-state index contributed by atoms with van der Waals surface area (Å²) in [4.78, 5) is 0. The Morgan fingerprint density at radius 2 is 1.61 bits per heavy atom. The Morgan fingerprint density at radius 1 is 0.889 bits per heavy atom. The number of hydrogen-bond donors (Lipinski definition) is 0. The first-order chi connectivity index (χ1) is 8.31. The van der Waals surface area contributed by atoms with Crippen molar-refractivity contribution in [3.8, 4) is 0 Å². The maximum absolute atomic E-state index is 6.15. The van der Waals surface area contributed by atoms with Crippen LogP contribution in [0.1, 0.15) is 66.7 Å². The van der Waals surface area contributed by atoms with Gasteiger partial charge in [-0.15, -0.1) is 0 Å². The summed E-state index contributed by atoms with van der Waals surface area (Å²) in [6, 6.07) is 0. The van der Waals surface area contributed by atoms with Crippen LogP contribution in [0.3, 0.4) is 0 Å². The molecule has 1 heteroatoms. The molecule has 5 atom stereocenters. The zero-order valence-electron chi connectivity index (χ0n) is 12.9. The lowest BCUT2D eigenvalue weighted by Crippen LogP contribution is -2.57.